The first kappa shape index (κ1) is 31.0. The summed E-state index contributed by atoms with van der Waals surface area (Å²) in [6, 6.07) is -0.901. The number of hydrogen-bond acceptors (Lipinski definition) is 12. The van der Waals surface area contributed by atoms with Gasteiger partial charge in [-0.15, -0.1) is 0 Å². The van der Waals surface area contributed by atoms with Crippen LogP contribution in [0.15, 0.2) is 0 Å². The molecule has 3 fully saturated rings. The van der Waals surface area contributed by atoms with Crippen LogP contribution in [0.2, 0.25) is 18.1 Å². The number of hydrogen-bond donors (Lipinski definition) is 0. The first-order valence-electron chi connectivity index (χ1n) is 12.8. The van der Waals surface area contributed by atoms with Gasteiger partial charge in [0.1, 0.15) is 5.92 Å². The molecule has 1 unspecified atom stereocenters. The first-order chi connectivity index (χ1) is 18.0. The van der Waals surface area contributed by atoms with E-state index in [2.05, 4.69) is 20.8 Å². The summed E-state index contributed by atoms with van der Waals surface area (Å²) in [5.74, 6) is -6.60. The van der Waals surface area contributed by atoms with Gasteiger partial charge in [0.2, 0.25) is 5.91 Å². The van der Waals surface area contributed by atoms with Crippen molar-refractivity contribution in [2.45, 2.75) is 94.6 Å². The molecule has 1 amide bonds. The Kier molecular flexibility index (Phi) is 8.30. The average Bonchev–Trinajstić information content (AvgIpc) is 3.31. The minimum Gasteiger partial charge on any atom is -0.469 e. The van der Waals surface area contributed by atoms with E-state index >= 15 is 0 Å². The molecule has 0 radical (unpaired) electrons. The quantitative estimate of drug-likeness (QED) is 0.233. The average molecular weight is 573 g/mol. The Bertz CT molecular complexity index is 1040. The van der Waals surface area contributed by atoms with E-state index in [1.165, 1.54) is 5.01 Å². The van der Waals surface area contributed by atoms with E-state index in [1.807, 2.05) is 20.0 Å². The van der Waals surface area contributed by atoms with Crippen LogP contribution in [0.25, 0.3) is 0 Å². The van der Waals surface area contributed by atoms with Gasteiger partial charge < -0.3 is 28.1 Å². The molecule has 3 rings (SSSR count). The SMILES string of the molecule is CC[C@H]1O[C@]2(C(=O)OC)[C@H](C(=O)OC)[C@@](CC(=O)OC)(C(=O)OC)N3[C@H](CC(=O)N32)[C@H]1O[Si](C)(C)C(C)(C)C. The maximum absolute atomic E-state index is 13.8. The first-order valence-corrected chi connectivity index (χ1v) is 15.8. The number of methoxy groups -OCH3 is 4. The number of amides is 1. The van der Waals surface area contributed by atoms with Crippen molar-refractivity contribution in [1.29, 1.82) is 0 Å². The number of nitrogens with zero attached hydrogens (tertiary/aromatic N) is 2. The van der Waals surface area contributed by atoms with E-state index in [4.69, 9.17) is 28.1 Å². The lowest BCUT2D eigenvalue weighted by molar-refractivity contribution is -0.233. The van der Waals surface area contributed by atoms with Gasteiger partial charge in [-0.05, 0) is 24.6 Å². The molecule has 3 saturated heterocycles. The molecule has 3 aliphatic rings. The van der Waals surface area contributed by atoms with Crippen LogP contribution in [0.1, 0.15) is 47.0 Å². The van der Waals surface area contributed by atoms with Crippen LogP contribution in [0, 0.1) is 5.92 Å². The molecule has 0 N–H and O–H groups in total. The Labute approximate surface area is 229 Å². The molecule has 4 bridgehead atoms. The third-order valence-corrected chi connectivity index (χ3v) is 13.0. The number of carbonyl (C=O) groups is 5. The van der Waals surface area contributed by atoms with E-state index < -0.39 is 80.0 Å². The van der Waals surface area contributed by atoms with Gasteiger partial charge in [0.25, 0.3) is 5.72 Å². The third-order valence-electron chi connectivity index (χ3n) is 8.55. The van der Waals surface area contributed by atoms with Crippen molar-refractivity contribution in [2.75, 3.05) is 28.4 Å². The van der Waals surface area contributed by atoms with Crippen molar-refractivity contribution in [3.63, 3.8) is 0 Å². The van der Waals surface area contributed by atoms with Gasteiger partial charge in [-0.3, -0.25) is 14.4 Å². The fourth-order valence-electron chi connectivity index (χ4n) is 5.73. The molecule has 0 aromatic carbocycles. The molecule has 13 nitrogen and oxygen atoms in total. The highest BCUT2D eigenvalue weighted by atomic mass is 28.4. The van der Waals surface area contributed by atoms with E-state index in [0.717, 1.165) is 33.4 Å². The molecular weight excluding hydrogens is 532 g/mol. The van der Waals surface area contributed by atoms with Gasteiger partial charge in [0, 0.05) is 6.42 Å². The minimum atomic E-state index is -2.54. The van der Waals surface area contributed by atoms with Gasteiger partial charge in [-0.25, -0.2) is 14.6 Å². The summed E-state index contributed by atoms with van der Waals surface area (Å²) in [7, 11) is 1.80. The fraction of sp³-hybridized carbons (Fsp3) is 0.800. The van der Waals surface area contributed by atoms with E-state index in [-0.39, 0.29) is 11.5 Å². The lowest BCUT2D eigenvalue weighted by Gasteiger charge is -2.48. The van der Waals surface area contributed by atoms with E-state index in [0.29, 0.717) is 6.42 Å². The summed E-state index contributed by atoms with van der Waals surface area (Å²) in [4.78, 5) is 67.7. The maximum atomic E-state index is 13.8. The maximum Gasteiger partial charge on any atom is 0.362 e. The van der Waals surface area contributed by atoms with Crippen molar-refractivity contribution in [2.24, 2.45) is 5.92 Å². The number of esters is 4. The smallest absolute Gasteiger partial charge is 0.362 e. The molecule has 220 valence electrons. The second kappa shape index (κ2) is 10.4. The predicted octanol–water partition coefficient (Wildman–Crippen LogP) is 1.15. The molecule has 0 spiro atoms. The molecule has 3 heterocycles. The summed E-state index contributed by atoms with van der Waals surface area (Å²) in [6.07, 6.45) is -2.21. The van der Waals surface area contributed by atoms with Crippen LogP contribution in [0.4, 0.5) is 0 Å². The van der Waals surface area contributed by atoms with E-state index in [1.54, 1.807) is 0 Å². The van der Waals surface area contributed by atoms with Crippen LogP contribution >= 0.6 is 0 Å². The zero-order chi connectivity index (χ0) is 29.7. The second-order valence-electron chi connectivity index (χ2n) is 11.5. The van der Waals surface area contributed by atoms with Gasteiger partial charge >= 0.3 is 23.9 Å². The van der Waals surface area contributed by atoms with Crippen molar-refractivity contribution in [3.8, 4) is 0 Å². The van der Waals surface area contributed by atoms with Crippen LogP contribution in [-0.4, -0.2) is 106 Å². The number of rotatable bonds is 8. The van der Waals surface area contributed by atoms with Gasteiger partial charge in [0.15, 0.2) is 13.9 Å². The normalized spacial score (nSPS) is 33.8. The zero-order valence-corrected chi connectivity index (χ0v) is 25.3. The zero-order valence-electron chi connectivity index (χ0n) is 24.3. The molecule has 0 aliphatic carbocycles. The van der Waals surface area contributed by atoms with Crippen molar-refractivity contribution < 1.29 is 52.1 Å². The highest BCUT2D eigenvalue weighted by Crippen LogP contribution is 2.58. The molecule has 14 heteroatoms. The van der Waals surface area contributed by atoms with Crippen molar-refractivity contribution in [1.82, 2.24) is 10.0 Å². The molecule has 0 saturated carbocycles. The largest absolute Gasteiger partial charge is 0.469 e. The fourth-order valence-corrected chi connectivity index (χ4v) is 7.07. The molecule has 0 aromatic rings. The highest BCUT2D eigenvalue weighted by molar-refractivity contribution is 6.74. The molecule has 3 aliphatic heterocycles. The lowest BCUT2D eigenvalue weighted by atomic mass is 9.73. The molecule has 7 atom stereocenters. The van der Waals surface area contributed by atoms with Gasteiger partial charge in [-0.2, -0.15) is 5.01 Å². The molecule has 0 aromatic heterocycles. The van der Waals surface area contributed by atoms with Crippen molar-refractivity contribution in [3.05, 3.63) is 0 Å². The second-order valence-corrected chi connectivity index (χ2v) is 16.3. The number of carbonyl (C=O) groups excluding carboxylic acids is 5. The molecule has 39 heavy (non-hydrogen) atoms. The number of hydrazine groups is 1. The predicted molar refractivity (Wildman–Crippen MR) is 136 cm³/mol. The highest BCUT2D eigenvalue weighted by Gasteiger charge is 2.84. The van der Waals surface area contributed by atoms with Crippen LogP contribution in [0.3, 0.4) is 0 Å². The topological polar surface area (TPSA) is 147 Å². The van der Waals surface area contributed by atoms with E-state index in [9.17, 15) is 24.0 Å². The summed E-state index contributed by atoms with van der Waals surface area (Å²) in [5, 5.41) is 1.99. The summed E-state index contributed by atoms with van der Waals surface area (Å²) < 4.78 is 33.5. The standard InChI is InChI=1S/C25H40N2O11Si/c1-11-15-18(38-39(9,10)23(2,3)4)14-12-16(28)27-25(37-15,22(32)36-8)19(20(30)34-6)24(26(14)27,21(31)35-7)13-17(29)33-5/h14-15,18-19H,11-13H2,1-10H3/t14-,15-,18-,19-,24+,25+/m1/s1. The summed E-state index contributed by atoms with van der Waals surface area (Å²) in [6.45, 7) is 12.0. The molecular formula is C25H40N2O11Si. The van der Waals surface area contributed by atoms with Crippen molar-refractivity contribution >= 4 is 38.1 Å². The Balaban J connectivity index is 2.44. The van der Waals surface area contributed by atoms with Crippen LogP contribution < -0.4 is 0 Å². The Hall–Kier alpha value is -2.55. The lowest BCUT2D eigenvalue weighted by Crippen LogP contribution is -2.68. The Morgan fingerprint density at radius 2 is 1.59 bits per heavy atom. The monoisotopic (exact) mass is 572 g/mol. The van der Waals surface area contributed by atoms with Crippen LogP contribution in [-0.2, 0) is 52.1 Å². The number of ether oxygens (including phenoxy) is 5. The Morgan fingerprint density at radius 3 is 2.05 bits per heavy atom. The third kappa shape index (κ3) is 4.35. The minimum absolute atomic E-state index is 0.175. The van der Waals surface area contributed by atoms with Gasteiger partial charge in [-0.1, -0.05) is 27.7 Å². The summed E-state index contributed by atoms with van der Waals surface area (Å²) in [5.41, 5.74) is -4.74. The Morgan fingerprint density at radius 1 is 1.00 bits per heavy atom. The van der Waals surface area contributed by atoms with Crippen LogP contribution in [0.5, 0.6) is 0 Å². The van der Waals surface area contributed by atoms with Gasteiger partial charge in [0.05, 0.1) is 53.1 Å². The summed E-state index contributed by atoms with van der Waals surface area (Å²) >= 11 is 0.